The second-order valence-corrected chi connectivity index (χ2v) is 6.81. The zero-order chi connectivity index (χ0) is 17.9. The van der Waals surface area contributed by atoms with E-state index >= 15 is 0 Å². The minimum atomic E-state index is -4.35. The Morgan fingerprint density at radius 2 is 1.76 bits per heavy atom. The molecule has 6 heteroatoms. The number of carbonyl (C=O) groups excluding carboxylic acids is 1. The van der Waals surface area contributed by atoms with Gasteiger partial charge in [-0.2, -0.15) is 13.2 Å². The molecular formula is C19H16F3NOS. The Morgan fingerprint density at radius 1 is 1.08 bits per heavy atom. The SMILES string of the molecule is O=C(C=Cc1ccccc1)N1CCSC1c1ccc(C(F)(F)F)cc1. The molecule has 0 spiro atoms. The molecule has 0 N–H and O–H groups in total. The maximum absolute atomic E-state index is 12.7. The van der Waals surface area contributed by atoms with Crippen LogP contribution in [0, 0.1) is 0 Å². The second kappa shape index (κ2) is 7.35. The summed E-state index contributed by atoms with van der Waals surface area (Å²) in [5.74, 6) is 0.620. The molecule has 1 saturated heterocycles. The summed E-state index contributed by atoms with van der Waals surface area (Å²) in [5.41, 5.74) is 0.951. The number of hydrogen-bond donors (Lipinski definition) is 0. The van der Waals surface area contributed by atoms with Gasteiger partial charge in [-0.3, -0.25) is 4.79 Å². The number of thioether (sulfide) groups is 1. The molecule has 25 heavy (non-hydrogen) atoms. The molecule has 3 rings (SSSR count). The van der Waals surface area contributed by atoms with Crippen molar-refractivity contribution in [1.29, 1.82) is 0 Å². The maximum atomic E-state index is 12.7. The van der Waals surface area contributed by atoms with Gasteiger partial charge in [0.1, 0.15) is 5.37 Å². The van der Waals surface area contributed by atoms with Gasteiger partial charge in [-0.1, -0.05) is 42.5 Å². The summed E-state index contributed by atoms with van der Waals surface area (Å²) in [7, 11) is 0. The van der Waals surface area contributed by atoms with Crippen LogP contribution < -0.4 is 0 Å². The van der Waals surface area contributed by atoms with Gasteiger partial charge in [-0.05, 0) is 29.3 Å². The third-order valence-electron chi connectivity index (χ3n) is 3.92. The number of carbonyl (C=O) groups is 1. The molecule has 1 amide bonds. The van der Waals surface area contributed by atoms with Crippen molar-refractivity contribution in [2.24, 2.45) is 0 Å². The Bertz CT molecular complexity index is 756. The van der Waals surface area contributed by atoms with Gasteiger partial charge < -0.3 is 4.90 Å². The first-order valence-corrected chi connectivity index (χ1v) is 8.82. The van der Waals surface area contributed by atoms with Crippen molar-refractivity contribution in [2.45, 2.75) is 11.6 Å². The quantitative estimate of drug-likeness (QED) is 0.716. The van der Waals surface area contributed by atoms with E-state index in [0.717, 1.165) is 23.4 Å². The highest BCUT2D eigenvalue weighted by Gasteiger charge is 2.32. The highest BCUT2D eigenvalue weighted by atomic mass is 32.2. The zero-order valence-corrected chi connectivity index (χ0v) is 14.1. The van der Waals surface area contributed by atoms with E-state index in [1.807, 2.05) is 30.3 Å². The standard InChI is InChI=1S/C19H16F3NOS/c20-19(21,22)16-9-7-15(8-10-16)18-23(12-13-25-18)17(24)11-6-14-4-2-1-3-5-14/h1-11,18H,12-13H2. The van der Waals surface area contributed by atoms with Crippen LogP contribution >= 0.6 is 11.8 Å². The average Bonchev–Trinajstić information content (AvgIpc) is 3.10. The van der Waals surface area contributed by atoms with Gasteiger partial charge in [-0.15, -0.1) is 11.8 Å². The molecule has 2 aromatic carbocycles. The van der Waals surface area contributed by atoms with Crippen LogP contribution in [0.5, 0.6) is 0 Å². The van der Waals surface area contributed by atoms with E-state index in [4.69, 9.17) is 0 Å². The summed E-state index contributed by atoms with van der Waals surface area (Å²) in [6.07, 6.45) is -1.09. The monoisotopic (exact) mass is 363 g/mol. The highest BCUT2D eigenvalue weighted by molar-refractivity contribution is 7.99. The number of amides is 1. The van der Waals surface area contributed by atoms with Crippen molar-refractivity contribution in [1.82, 2.24) is 4.90 Å². The first kappa shape index (κ1) is 17.6. The molecule has 1 heterocycles. The molecule has 0 aliphatic carbocycles. The van der Waals surface area contributed by atoms with Gasteiger partial charge in [-0.25, -0.2) is 0 Å². The Hall–Kier alpha value is -2.21. The van der Waals surface area contributed by atoms with Crippen LogP contribution in [0.25, 0.3) is 6.08 Å². The number of rotatable bonds is 3. The van der Waals surface area contributed by atoms with E-state index in [0.29, 0.717) is 12.1 Å². The smallest absolute Gasteiger partial charge is 0.322 e. The fourth-order valence-corrected chi connectivity index (χ4v) is 3.90. The predicted molar refractivity (Wildman–Crippen MR) is 93.8 cm³/mol. The molecule has 1 atom stereocenters. The van der Waals surface area contributed by atoms with Crippen molar-refractivity contribution in [3.05, 3.63) is 77.4 Å². The molecule has 2 aromatic rings. The molecule has 1 fully saturated rings. The molecule has 1 aliphatic rings. The van der Waals surface area contributed by atoms with Crippen LogP contribution in [0.3, 0.4) is 0 Å². The number of benzene rings is 2. The van der Waals surface area contributed by atoms with E-state index in [1.54, 1.807) is 22.7 Å². The van der Waals surface area contributed by atoms with Gasteiger partial charge in [0.05, 0.1) is 5.56 Å². The summed E-state index contributed by atoms with van der Waals surface area (Å²) in [4.78, 5) is 14.2. The molecule has 1 aliphatic heterocycles. The minimum Gasteiger partial charge on any atom is -0.322 e. The first-order chi connectivity index (χ1) is 11.9. The predicted octanol–water partition coefficient (Wildman–Crippen LogP) is 4.99. The van der Waals surface area contributed by atoms with E-state index in [-0.39, 0.29) is 11.3 Å². The van der Waals surface area contributed by atoms with Crippen molar-refractivity contribution < 1.29 is 18.0 Å². The van der Waals surface area contributed by atoms with Gasteiger partial charge in [0, 0.05) is 18.4 Å². The van der Waals surface area contributed by atoms with Crippen LogP contribution in [0.15, 0.2) is 60.7 Å². The fourth-order valence-electron chi connectivity index (χ4n) is 2.64. The Morgan fingerprint density at radius 3 is 2.40 bits per heavy atom. The normalized spacial score (nSPS) is 18.0. The molecular weight excluding hydrogens is 347 g/mol. The van der Waals surface area contributed by atoms with Crippen LogP contribution in [-0.4, -0.2) is 23.1 Å². The van der Waals surface area contributed by atoms with Crippen LogP contribution in [0.2, 0.25) is 0 Å². The lowest BCUT2D eigenvalue weighted by atomic mass is 10.1. The fraction of sp³-hybridized carbons (Fsp3) is 0.211. The summed E-state index contributed by atoms with van der Waals surface area (Å²) < 4.78 is 38.1. The summed E-state index contributed by atoms with van der Waals surface area (Å²) in [6.45, 7) is 0.578. The second-order valence-electron chi connectivity index (χ2n) is 5.62. The van der Waals surface area contributed by atoms with Gasteiger partial charge in [0.15, 0.2) is 0 Å². The molecule has 130 valence electrons. The zero-order valence-electron chi connectivity index (χ0n) is 13.2. The molecule has 1 unspecified atom stereocenters. The third-order valence-corrected chi connectivity index (χ3v) is 5.18. The third kappa shape index (κ3) is 4.25. The lowest BCUT2D eigenvalue weighted by Gasteiger charge is -2.23. The van der Waals surface area contributed by atoms with Gasteiger partial charge in [0.2, 0.25) is 5.91 Å². The molecule has 0 radical (unpaired) electrons. The Labute approximate surface area is 148 Å². The summed E-state index contributed by atoms with van der Waals surface area (Å²) in [6, 6.07) is 14.5. The van der Waals surface area contributed by atoms with Gasteiger partial charge >= 0.3 is 6.18 Å². The molecule has 0 saturated carbocycles. The first-order valence-electron chi connectivity index (χ1n) is 7.77. The van der Waals surface area contributed by atoms with Crippen molar-refractivity contribution in [3.8, 4) is 0 Å². The number of halogens is 3. The van der Waals surface area contributed by atoms with Crippen molar-refractivity contribution in [3.63, 3.8) is 0 Å². The lowest BCUT2D eigenvalue weighted by Crippen LogP contribution is -2.28. The number of alkyl halides is 3. The Balaban J connectivity index is 1.74. The summed E-state index contributed by atoms with van der Waals surface area (Å²) in [5, 5.41) is -0.254. The van der Waals surface area contributed by atoms with Crippen molar-refractivity contribution in [2.75, 3.05) is 12.3 Å². The lowest BCUT2D eigenvalue weighted by molar-refractivity contribution is -0.137. The molecule has 2 nitrogen and oxygen atoms in total. The average molecular weight is 363 g/mol. The number of nitrogens with zero attached hydrogens (tertiary/aromatic N) is 1. The largest absolute Gasteiger partial charge is 0.416 e. The number of hydrogen-bond acceptors (Lipinski definition) is 2. The van der Waals surface area contributed by atoms with Gasteiger partial charge in [0.25, 0.3) is 0 Å². The minimum absolute atomic E-state index is 0.140. The van der Waals surface area contributed by atoms with E-state index in [2.05, 4.69) is 0 Å². The maximum Gasteiger partial charge on any atom is 0.416 e. The summed E-state index contributed by atoms with van der Waals surface area (Å²) >= 11 is 1.56. The van der Waals surface area contributed by atoms with E-state index in [9.17, 15) is 18.0 Å². The van der Waals surface area contributed by atoms with Crippen LogP contribution in [0.4, 0.5) is 13.2 Å². The molecule has 0 bridgehead atoms. The topological polar surface area (TPSA) is 20.3 Å². The van der Waals surface area contributed by atoms with Crippen LogP contribution in [0.1, 0.15) is 22.1 Å². The molecule has 0 aromatic heterocycles. The van der Waals surface area contributed by atoms with Crippen molar-refractivity contribution >= 4 is 23.7 Å². The highest BCUT2D eigenvalue weighted by Crippen LogP contribution is 2.39. The van der Waals surface area contributed by atoms with Crippen LogP contribution in [-0.2, 0) is 11.0 Å². The van der Waals surface area contributed by atoms with E-state index in [1.165, 1.54) is 18.2 Å². The van der Waals surface area contributed by atoms with E-state index < -0.39 is 11.7 Å². The Kier molecular flexibility index (Phi) is 5.18.